The zero-order valence-electron chi connectivity index (χ0n) is 24.2. The Bertz CT molecular complexity index is 812. The molecule has 0 aromatic rings. The quantitative estimate of drug-likeness (QED) is 0.365. The predicted octanol–water partition coefficient (Wildman–Crippen LogP) is 8.19. The summed E-state index contributed by atoms with van der Waals surface area (Å²) in [6.45, 7) is 26.5. The lowest BCUT2D eigenvalue weighted by Gasteiger charge is -2.64. The summed E-state index contributed by atoms with van der Waals surface area (Å²) < 4.78 is 20.9. The Morgan fingerprint density at radius 1 is 0.735 bits per heavy atom. The largest absolute Gasteiger partial charge is 0.413 e. The maximum atomic E-state index is 7.19. The first kappa shape index (κ1) is 25.7. The minimum atomic E-state index is -1.80. The molecule has 1 heterocycles. The van der Waals surface area contributed by atoms with Crippen molar-refractivity contribution in [2.45, 2.75) is 149 Å². The summed E-state index contributed by atoms with van der Waals surface area (Å²) in [6.07, 6.45) is 10.1. The maximum absolute atomic E-state index is 7.19. The summed E-state index contributed by atoms with van der Waals surface area (Å²) >= 11 is 0. The van der Waals surface area contributed by atoms with Crippen molar-refractivity contribution in [1.29, 1.82) is 0 Å². The fourth-order valence-electron chi connectivity index (χ4n) is 9.20. The zero-order valence-corrected chi connectivity index (χ0v) is 25.2. The van der Waals surface area contributed by atoms with Crippen LogP contribution in [-0.4, -0.2) is 32.4 Å². The van der Waals surface area contributed by atoms with Crippen LogP contribution in [-0.2, 0) is 13.9 Å². The van der Waals surface area contributed by atoms with E-state index in [4.69, 9.17) is 13.9 Å². The molecule has 4 saturated carbocycles. The van der Waals surface area contributed by atoms with E-state index in [0.717, 1.165) is 5.92 Å². The first-order valence-electron chi connectivity index (χ1n) is 14.4. The topological polar surface area (TPSA) is 27.7 Å². The lowest BCUT2D eigenvalue weighted by molar-refractivity contribution is -0.192. The van der Waals surface area contributed by atoms with Gasteiger partial charge in [-0.15, -0.1) is 0 Å². The molecule has 3 nitrogen and oxygen atoms in total. The average Bonchev–Trinajstić information content (AvgIpc) is 3.18. The molecule has 5 fully saturated rings. The molecule has 0 aromatic carbocycles. The Balaban J connectivity index is 1.49. The maximum Gasteiger partial charge on any atom is 0.192 e. The summed E-state index contributed by atoms with van der Waals surface area (Å²) in [6, 6.07) is 0. The van der Waals surface area contributed by atoms with E-state index in [1.165, 1.54) is 44.9 Å². The Morgan fingerprint density at radius 2 is 1.35 bits per heavy atom. The molecule has 5 aliphatic rings. The van der Waals surface area contributed by atoms with E-state index >= 15 is 0 Å². The molecular weight excluding hydrogens is 436 g/mol. The molecular formula is C30H54O3Si. The van der Waals surface area contributed by atoms with Crippen molar-refractivity contribution in [2.24, 2.45) is 39.9 Å². The van der Waals surface area contributed by atoms with Crippen molar-refractivity contribution in [1.82, 2.24) is 0 Å². The molecule has 196 valence electrons. The predicted molar refractivity (Wildman–Crippen MR) is 142 cm³/mol. The second-order valence-corrected chi connectivity index (χ2v) is 21.1. The first-order valence-corrected chi connectivity index (χ1v) is 17.3. The molecule has 7 unspecified atom stereocenters. The van der Waals surface area contributed by atoms with Gasteiger partial charge in [-0.1, -0.05) is 48.5 Å². The summed E-state index contributed by atoms with van der Waals surface area (Å²) in [5, 5.41) is 0.261. The normalized spacial score (nSPS) is 49.7. The van der Waals surface area contributed by atoms with E-state index in [0.29, 0.717) is 34.7 Å². The lowest BCUT2D eigenvalue weighted by Crippen LogP contribution is -2.64. The highest BCUT2D eigenvalue weighted by molar-refractivity contribution is 6.74. The number of ether oxygens (including phenoxy) is 2. The van der Waals surface area contributed by atoms with Crippen LogP contribution in [0.15, 0.2) is 0 Å². The van der Waals surface area contributed by atoms with E-state index in [9.17, 15) is 0 Å². The van der Waals surface area contributed by atoms with Crippen molar-refractivity contribution in [3.05, 3.63) is 0 Å². The van der Waals surface area contributed by atoms with Gasteiger partial charge in [0.25, 0.3) is 0 Å². The summed E-state index contributed by atoms with van der Waals surface area (Å²) in [5.41, 5.74) is 1.07. The summed E-state index contributed by atoms with van der Waals surface area (Å²) in [5.74, 6) is 2.22. The molecule has 9 atom stereocenters. The number of fused-ring (bicyclic) bond motifs is 8. The number of hydrogen-bond acceptors (Lipinski definition) is 3. The number of rotatable bonds is 2. The highest BCUT2D eigenvalue weighted by Gasteiger charge is 2.69. The van der Waals surface area contributed by atoms with Crippen LogP contribution in [0.25, 0.3) is 0 Å². The molecule has 0 aromatic heterocycles. The smallest absolute Gasteiger partial charge is 0.192 e. The SMILES string of the molecule is CC1(C)CC[C@@]2(C)C(C1)C1OC(C)(C)OC1C1C2CC[C@]2(C)C(O[Si](C)(C)C(C)(C)C)CCC12. The standard InChI is InChI=1S/C30H54O3Si/c1-26(2,3)34(10,11)33-22-13-12-19-23-20(14-15-30(19,22)9)29(8)17-16-27(4,5)18-21(29)24-25(23)32-28(6,7)31-24/h19-25H,12-18H2,1-11H3/t19?,20?,21?,22?,23?,24?,25?,29-,30+/m1/s1. The van der Waals surface area contributed by atoms with Gasteiger partial charge in [-0.05, 0) is 117 Å². The highest BCUT2D eigenvalue weighted by Crippen LogP contribution is 2.70. The second kappa shape index (κ2) is 7.57. The summed E-state index contributed by atoms with van der Waals surface area (Å²) in [4.78, 5) is 0. The third kappa shape index (κ3) is 3.74. The Kier molecular flexibility index (Phi) is 5.73. The van der Waals surface area contributed by atoms with E-state index in [-0.39, 0.29) is 22.7 Å². The van der Waals surface area contributed by atoms with Gasteiger partial charge < -0.3 is 13.9 Å². The molecule has 0 spiro atoms. The third-order valence-electron chi connectivity index (χ3n) is 12.2. The van der Waals surface area contributed by atoms with Gasteiger partial charge >= 0.3 is 0 Å². The number of hydrogen-bond donors (Lipinski definition) is 0. The molecule has 1 aliphatic heterocycles. The van der Waals surface area contributed by atoms with Gasteiger partial charge in [0.1, 0.15) is 0 Å². The van der Waals surface area contributed by atoms with E-state index in [1.807, 2.05) is 0 Å². The summed E-state index contributed by atoms with van der Waals surface area (Å²) in [7, 11) is -1.80. The Hall–Kier alpha value is 0.0969. The van der Waals surface area contributed by atoms with Crippen LogP contribution in [0.3, 0.4) is 0 Å². The second-order valence-electron chi connectivity index (χ2n) is 16.3. The van der Waals surface area contributed by atoms with Crippen molar-refractivity contribution < 1.29 is 13.9 Å². The fraction of sp³-hybridized carbons (Fsp3) is 1.00. The lowest BCUT2D eigenvalue weighted by atomic mass is 9.42. The van der Waals surface area contributed by atoms with E-state index in [1.54, 1.807) is 0 Å². The van der Waals surface area contributed by atoms with Crippen LogP contribution < -0.4 is 0 Å². The van der Waals surface area contributed by atoms with E-state index in [2.05, 4.69) is 75.4 Å². The molecule has 0 N–H and O–H groups in total. The van der Waals surface area contributed by atoms with Gasteiger partial charge in [0.05, 0.1) is 18.3 Å². The molecule has 4 heteroatoms. The molecule has 4 aliphatic carbocycles. The van der Waals surface area contributed by atoms with E-state index < -0.39 is 14.1 Å². The molecule has 0 amide bonds. The van der Waals surface area contributed by atoms with Gasteiger partial charge in [0.2, 0.25) is 0 Å². The zero-order chi connectivity index (χ0) is 25.1. The molecule has 34 heavy (non-hydrogen) atoms. The monoisotopic (exact) mass is 490 g/mol. The van der Waals surface area contributed by atoms with Crippen LogP contribution in [0.1, 0.15) is 107 Å². The Morgan fingerprint density at radius 3 is 2.00 bits per heavy atom. The minimum absolute atomic E-state index is 0.253. The van der Waals surface area contributed by atoms with Gasteiger partial charge in [0.15, 0.2) is 14.1 Å². The van der Waals surface area contributed by atoms with Crippen LogP contribution in [0, 0.1) is 39.9 Å². The third-order valence-corrected chi connectivity index (χ3v) is 16.7. The fourth-order valence-corrected chi connectivity index (χ4v) is 10.7. The molecule has 0 bridgehead atoms. The minimum Gasteiger partial charge on any atom is -0.413 e. The van der Waals surface area contributed by atoms with Gasteiger partial charge in [-0.25, -0.2) is 0 Å². The van der Waals surface area contributed by atoms with Gasteiger partial charge in [-0.2, -0.15) is 0 Å². The average molecular weight is 491 g/mol. The highest BCUT2D eigenvalue weighted by atomic mass is 28.4. The molecule has 0 radical (unpaired) electrons. The van der Waals surface area contributed by atoms with Gasteiger partial charge in [0, 0.05) is 0 Å². The van der Waals surface area contributed by atoms with Crippen molar-refractivity contribution in [2.75, 3.05) is 0 Å². The Labute approximate surface area is 211 Å². The van der Waals surface area contributed by atoms with Gasteiger partial charge in [-0.3, -0.25) is 0 Å². The first-order chi connectivity index (χ1) is 15.4. The van der Waals surface area contributed by atoms with Crippen molar-refractivity contribution in [3.63, 3.8) is 0 Å². The van der Waals surface area contributed by atoms with Crippen LogP contribution >= 0.6 is 0 Å². The van der Waals surface area contributed by atoms with Crippen molar-refractivity contribution in [3.8, 4) is 0 Å². The van der Waals surface area contributed by atoms with Crippen LogP contribution in [0.5, 0.6) is 0 Å². The van der Waals surface area contributed by atoms with Crippen molar-refractivity contribution >= 4 is 8.32 Å². The molecule has 5 rings (SSSR count). The molecule has 1 saturated heterocycles. The van der Waals surface area contributed by atoms with Crippen LogP contribution in [0.4, 0.5) is 0 Å². The van der Waals surface area contributed by atoms with Crippen LogP contribution in [0.2, 0.25) is 18.1 Å².